The lowest BCUT2D eigenvalue weighted by Gasteiger charge is -2.18. The average molecular weight is 439 g/mol. The zero-order valence-electron chi connectivity index (χ0n) is 16.7. The van der Waals surface area contributed by atoms with Gasteiger partial charge in [-0.15, -0.1) is 0 Å². The van der Waals surface area contributed by atoms with Gasteiger partial charge in [0.15, 0.2) is 0 Å². The molecular weight excluding hydrogens is 419 g/mol. The van der Waals surface area contributed by atoms with Crippen molar-refractivity contribution < 1.29 is 14.2 Å². The summed E-state index contributed by atoms with van der Waals surface area (Å²) in [5.74, 6) is 0.225. The van der Waals surface area contributed by atoms with Crippen LogP contribution in [0.1, 0.15) is 19.4 Å². The van der Waals surface area contributed by atoms with Crippen LogP contribution in [-0.4, -0.2) is 31.2 Å². The first-order chi connectivity index (χ1) is 15.1. The maximum atomic E-state index is 13.4. The summed E-state index contributed by atoms with van der Waals surface area (Å²) < 4.78 is 21.1. The molecule has 0 amide bonds. The molecule has 2 aromatic carbocycles. The van der Waals surface area contributed by atoms with Crippen LogP contribution >= 0.6 is 11.6 Å². The lowest BCUT2D eigenvalue weighted by molar-refractivity contribution is 0.225. The highest BCUT2D eigenvalue weighted by molar-refractivity contribution is 6.30. The summed E-state index contributed by atoms with van der Waals surface area (Å²) in [5, 5.41) is 10.5. The molecule has 2 heterocycles. The maximum Gasteiger partial charge on any atom is 0.322 e. The third-order valence-electron chi connectivity index (χ3n) is 4.89. The second-order valence-electron chi connectivity index (χ2n) is 6.88. The highest BCUT2D eigenvalue weighted by Crippen LogP contribution is 2.34. The Bertz CT molecular complexity index is 1160. The smallest absolute Gasteiger partial charge is 0.322 e. The monoisotopic (exact) mass is 438 g/mol. The van der Waals surface area contributed by atoms with E-state index in [0.29, 0.717) is 34.3 Å². The lowest BCUT2D eigenvalue weighted by Crippen LogP contribution is -2.13. The van der Waals surface area contributed by atoms with Crippen LogP contribution in [0.3, 0.4) is 0 Å². The molecule has 31 heavy (non-hydrogen) atoms. The Kier molecular flexibility index (Phi) is 6.25. The maximum absolute atomic E-state index is 13.4. The van der Waals surface area contributed by atoms with Crippen molar-refractivity contribution in [1.82, 2.24) is 19.5 Å². The molecule has 1 N–H and O–H groups in total. The first-order valence-electron chi connectivity index (χ1n) is 9.79. The minimum absolute atomic E-state index is 0.0536. The largest absolute Gasteiger partial charge is 0.424 e. The molecule has 1 atom stereocenters. The Morgan fingerprint density at radius 3 is 2.48 bits per heavy atom. The van der Waals surface area contributed by atoms with Gasteiger partial charge in [0, 0.05) is 16.8 Å². The van der Waals surface area contributed by atoms with Gasteiger partial charge in [-0.3, -0.25) is 0 Å². The molecule has 2 aromatic heterocycles. The molecule has 0 spiro atoms. The number of hydrogen-bond acceptors (Lipinski definition) is 5. The molecule has 0 radical (unpaired) electrons. The zero-order chi connectivity index (χ0) is 21.8. The molecule has 0 aliphatic carbocycles. The zero-order valence-corrected chi connectivity index (χ0v) is 17.5. The molecule has 4 rings (SSSR count). The number of aromatic nitrogens is 4. The third-order valence-corrected chi connectivity index (χ3v) is 5.14. The summed E-state index contributed by atoms with van der Waals surface area (Å²) in [5.41, 5.74) is 2.63. The van der Waals surface area contributed by atoms with E-state index in [-0.39, 0.29) is 24.5 Å². The van der Waals surface area contributed by atoms with Crippen molar-refractivity contribution in [2.45, 2.75) is 19.4 Å². The quantitative estimate of drug-likeness (QED) is 0.410. The van der Waals surface area contributed by atoms with Crippen molar-refractivity contribution >= 4 is 11.6 Å². The number of aliphatic hydroxyl groups is 1. The van der Waals surface area contributed by atoms with Crippen LogP contribution in [0.5, 0.6) is 11.8 Å². The summed E-state index contributed by atoms with van der Waals surface area (Å²) in [4.78, 5) is 13.3. The summed E-state index contributed by atoms with van der Waals surface area (Å²) in [6.07, 6.45) is 3.96. The van der Waals surface area contributed by atoms with Gasteiger partial charge in [0.05, 0.1) is 36.1 Å². The Morgan fingerprint density at radius 1 is 1.06 bits per heavy atom. The van der Waals surface area contributed by atoms with E-state index in [9.17, 15) is 9.50 Å². The van der Waals surface area contributed by atoms with Gasteiger partial charge in [-0.25, -0.2) is 14.4 Å². The summed E-state index contributed by atoms with van der Waals surface area (Å²) in [6, 6.07) is 14.7. The molecule has 0 aliphatic heterocycles. The van der Waals surface area contributed by atoms with Crippen molar-refractivity contribution in [1.29, 1.82) is 0 Å². The number of ether oxygens (including phenoxy) is 1. The third kappa shape index (κ3) is 4.57. The lowest BCUT2D eigenvalue weighted by atomic mass is 10.1. The Hall–Kier alpha value is -3.29. The van der Waals surface area contributed by atoms with Crippen molar-refractivity contribution in [3.63, 3.8) is 0 Å². The fourth-order valence-electron chi connectivity index (χ4n) is 3.25. The molecule has 1 unspecified atom stereocenters. The summed E-state index contributed by atoms with van der Waals surface area (Å²) >= 11 is 5.93. The Balaban J connectivity index is 1.79. The fourth-order valence-corrected chi connectivity index (χ4v) is 3.38. The van der Waals surface area contributed by atoms with E-state index in [1.807, 2.05) is 11.5 Å². The van der Waals surface area contributed by atoms with Gasteiger partial charge < -0.3 is 14.4 Å². The highest BCUT2D eigenvalue weighted by atomic mass is 35.5. The number of rotatable bonds is 7. The normalized spacial score (nSPS) is 12.0. The standard InChI is InChI=1S/C23H20ClFN4O2/c1-2-18(13-30)29-14-27-21(15-3-7-17(25)8-4-15)22(29)20-11-12-26-23(28-20)31-19-9-5-16(24)6-10-19/h3-12,14,18,30H,2,13H2,1H3. The van der Waals surface area contributed by atoms with Crippen LogP contribution in [0.2, 0.25) is 5.02 Å². The number of imidazole rings is 1. The SMILES string of the molecule is CCC(CO)n1cnc(-c2ccc(F)cc2)c1-c1ccnc(Oc2ccc(Cl)cc2)n1. The predicted molar refractivity (Wildman–Crippen MR) is 117 cm³/mol. The van der Waals surface area contributed by atoms with Gasteiger partial charge in [-0.1, -0.05) is 18.5 Å². The first-order valence-corrected chi connectivity index (χ1v) is 10.2. The van der Waals surface area contributed by atoms with E-state index >= 15 is 0 Å². The first kappa shape index (κ1) is 21.0. The molecule has 158 valence electrons. The van der Waals surface area contributed by atoms with Crippen LogP contribution in [-0.2, 0) is 0 Å². The van der Waals surface area contributed by atoms with E-state index in [4.69, 9.17) is 16.3 Å². The number of nitrogens with zero attached hydrogens (tertiary/aromatic N) is 4. The minimum Gasteiger partial charge on any atom is -0.424 e. The molecule has 6 nitrogen and oxygen atoms in total. The fraction of sp³-hybridized carbons (Fsp3) is 0.174. The van der Waals surface area contributed by atoms with E-state index in [1.165, 1.54) is 12.1 Å². The van der Waals surface area contributed by atoms with E-state index in [1.54, 1.807) is 55.0 Å². The molecule has 4 aromatic rings. The second-order valence-corrected chi connectivity index (χ2v) is 7.32. The van der Waals surface area contributed by atoms with Crippen LogP contribution in [0.25, 0.3) is 22.6 Å². The van der Waals surface area contributed by atoms with E-state index in [0.717, 1.165) is 5.56 Å². The van der Waals surface area contributed by atoms with Crippen molar-refractivity contribution in [3.8, 4) is 34.4 Å². The van der Waals surface area contributed by atoms with Crippen molar-refractivity contribution in [2.24, 2.45) is 0 Å². The van der Waals surface area contributed by atoms with Crippen LogP contribution in [0.15, 0.2) is 67.1 Å². The van der Waals surface area contributed by atoms with Crippen molar-refractivity contribution in [2.75, 3.05) is 6.61 Å². The summed E-state index contributed by atoms with van der Waals surface area (Å²) in [6.45, 7) is 1.93. The van der Waals surface area contributed by atoms with Gasteiger partial charge in [-0.05, 0) is 61.0 Å². The number of aliphatic hydroxyl groups excluding tert-OH is 1. The van der Waals surface area contributed by atoms with Crippen LogP contribution in [0, 0.1) is 5.82 Å². The van der Waals surface area contributed by atoms with Gasteiger partial charge in [0.1, 0.15) is 11.6 Å². The molecule has 0 aliphatic rings. The topological polar surface area (TPSA) is 73.1 Å². The number of benzene rings is 2. The molecular formula is C23H20ClFN4O2. The van der Waals surface area contributed by atoms with Crippen molar-refractivity contribution in [3.05, 3.63) is 78.0 Å². The predicted octanol–water partition coefficient (Wildman–Crippen LogP) is 5.54. The van der Waals surface area contributed by atoms with Gasteiger partial charge in [-0.2, -0.15) is 4.98 Å². The molecule has 0 saturated carbocycles. The Labute approximate surface area is 184 Å². The number of halogens is 2. The van der Waals surface area contributed by atoms with E-state index in [2.05, 4.69) is 15.0 Å². The molecule has 0 fully saturated rings. The molecule has 0 saturated heterocycles. The molecule has 0 bridgehead atoms. The van der Waals surface area contributed by atoms with E-state index < -0.39 is 0 Å². The van der Waals surface area contributed by atoms with Crippen LogP contribution in [0.4, 0.5) is 4.39 Å². The average Bonchev–Trinajstić information content (AvgIpc) is 3.22. The van der Waals surface area contributed by atoms with Gasteiger partial charge >= 0.3 is 6.01 Å². The van der Waals surface area contributed by atoms with Gasteiger partial charge in [0.25, 0.3) is 0 Å². The minimum atomic E-state index is -0.327. The number of hydrogen-bond donors (Lipinski definition) is 1. The van der Waals surface area contributed by atoms with Crippen LogP contribution < -0.4 is 4.74 Å². The Morgan fingerprint density at radius 2 is 1.81 bits per heavy atom. The second kappa shape index (κ2) is 9.24. The summed E-state index contributed by atoms with van der Waals surface area (Å²) in [7, 11) is 0. The highest BCUT2D eigenvalue weighted by Gasteiger charge is 2.21. The molecule has 8 heteroatoms. The van der Waals surface area contributed by atoms with Gasteiger partial charge in [0.2, 0.25) is 0 Å².